The number of ketones is 2. The van der Waals surface area contributed by atoms with Crippen molar-refractivity contribution in [2.75, 3.05) is 41.9 Å². The zero-order valence-corrected chi connectivity index (χ0v) is 39.5. The fourth-order valence-electron chi connectivity index (χ4n) is 9.33. The molecule has 0 aliphatic carbocycles. The van der Waals surface area contributed by atoms with Crippen molar-refractivity contribution in [3.8, 4) is 0 Å². The number of pyridine rings is 1. The molecule has 1 N–H and O–H groups in total. The summed E-state index contributed by atoms with van der Waals surface area (Å²) in [5, 5.41) is 3.05. The third-order valence-electron chi connectivity index (χ3n) is 13.0. The number of benzene rings is 1. The number of aryl methyl sites for hydroxylation is 1. The summed E-state index contributed by atoms with van der Waals surface area (Å²) in [5.74, 6) is -2.25. The van der Waals surface area contributed by atoms with Crippen LogP contribution in [0.25, 0.3) is 0 Å². The van der Waals surface area contributed by atoms with Gasteiger partial charge in [-0.05, 0) is 75.2 Å². The smallest absolute Gasteiger partial charge is 0.226 e. The number of carbonyl (C=O) groups is 5. The highest BCUT2D eigenvalue weighted by atomic mass is 16.5. The summed E-state index contributed by atoms with van der Waals surface area (Å²) >= 11 is 0. The van der Waals surface area contributed by atoms with E-state index in [9.17, 15) is 24.0 Å². The predicted molar refractivity (Wildman–Crippen MR) is 240 cm³/mol. The number of nitrogens with one attached hydrogen (secondary N) is 1. The van der Waals surface area contributed by atoms with Crippen LogP contribution in [0.3, 0.4) is 0 Å². The summed E-state index contributed by atoms with van der Waals surface area (Å²) in [5.41, 5.74) is 2.97. The van der Waals surface area contributed by atoms with E-state index in [1.807, 2.05) is 102 Å². The van der Waals surface area contributed by atoms with Gasteiger partial charge in [-0.3, -0.25) is 33.9 Å². The highest BCUT2D eigenvalue weighted by Crippen LogP contribution is 2.32. The number of hydrogen-bond acceptors (Lipinski definition) is 9. The lowest BCUT2D eigenvalue weighted by molar-refractivity contribution is -0.149. The maximum Gasteiger partial charge on any atom is 0.226 e. The van der Waals surface area contributed by atoms with Gasteiger partial charge in [-0.1, -0.05) is 90.8 Å². The molecular formula is C49H77N5O7. The number of amides is 3. The number of aromatic nitrogens is 1. The van der Waals surface area contributed by atoms with Crippen LogP contribution in [0.2, 0.25) is 0 Å². The van der Waals surface area contributed by atoms with Gasteiger partial charge in [0.05, 0.1) is 36.8 Å². The highest BCUT2D eigenvalue weighted by molar-refractivity contribution is 5.90. The molecule has 1 aliphatic heterocycles. The van der Waals surface area contributed by atoms with E-state index in [0.29, 0.717) is 25.9 Å². The van der Waals surface area contributed by atoms with Crippen LogP contribution in [0.4, 0.5) is 0 Å². The lowest BCUT2D eigenvalue weighted by Gasteiger charge is -2.41. The topological polar surface area (TPSA) is 138 Å². The standard InChI is InChI=1S/C49H77N5O7/c1-14-34(7)46(53(11)49(59)39(31(2)3)27-42(56)45(32(4)5)52(9)10)43(60-12)28-44(57)54-24-16-18-40(54)47(61-13)35(8)41(55)26-38(25-37-17-15-23-50-29-37)48(58)51-30-36-21-19-33(6)20-22-36/h15,17,19-23,29,31-32,34-35,38-40,43,45-47H,14,16,18,24-28,30H2,1-13H3,(H,51,58)/t34-,35-,38+,39-,40-,43+,45-,46-,47+/m0/s1. The summed E-state index contributed by atoms with van der Waals surface area (Å²) < 4.78 is 12.2. The number of methoxy groups -OCH3 is 2. The molecule has 340 valence electrons. The molecule has 1 aromatic heterocycles. The van der Waals surface area contributed by atoms with E-state index in [0.717, 1.165) is 29.5 Å². The Morgan fingerprint density at radius 2 is 1.54 bits per heavy atom. The van der Waals surface area contributed by atoms with Crippen molar-refractivity contribution in [3.63, 3.8) is 0 Å². The molecule has 0 radical (unpaired) electrons. The maximum absolute atomic E-state index is 14.4. The van der Waals surface area contributed by atoms with E-state index in [4.69, 9.17) is 9.47 Å². The third kappa shape index (κ3) is 14.3. The van der Waals surface area contributed by atoms with Crippen LogP contribution in [0.5, 0.6) is 0 Å². The fourth-order valence-corrected chi connectivity index (χ4v) is 9.33. The van der Waals surface area contributed by atoms with Gasteiger partial charge in [0, 0.05) is 77.3 Å². The number of hydrogen-bond donors (Lipinski definition) is 1. The average molecular weight is 848 g/mol. The second-order valence-electron chi connectivity index (χ2n) is 18.4. The summed E-state index contributed by atoms with van der Waals surface area (Å²) in [7, 11) is 8.73. The SMILES string of the molecule is CC[C@H](C)[C@@H]([C@@H](CC(=O)N1CCC[C@H]1[C@H](OC)[C@@H](C)C(=O)C[C@@H](Cc1cccnc1)C(=O)NCc1ccc(C)cc1)OC)N(C)C(=O)[C@@H](CC(=O)[C@H](C(C)C)N(C)C)C(C)C. The quantitative estimate of drug-likeness (QED) is 0.118. The molecule has 0 saturated carbocycles. The van der Waals surface area contributed by atoms with Crippen LogP contribution < -0.4 is 5.32 Å². The van der Waals surface area contributed by atoms with Crippen molar-refractivity contribution >= 4 is 29.3 Å². The van der Waals surface area contributed by atoms with E-state index in [1.165, 1.54) is 0 Å². The molecule has 0 bridgehead atoms. The Morgan fingerprint density at radius 3 is 2.08 bits per heavy atom. The van der Waals surface area contributed by atoms with Gasteiger partial charge in [0.25, 0.3) is 0 Å². The molecule has 12 nitrogen and oxygen atoms in total. The Morgan fingerprint density at radius 1 is 0.869 bits per heavy atom. The fraction of sp³-hybridized carbons (Fsp3) is 0.673. The molecule has 2 aromatic rings. The third-order valence-corrected chi connectivity index (χ3v) is 13.0. The minimum absolute atomic E-state index is 0.00662. The van der Waals surface area contributed by atoms with E-state index >= 15 is 0 Å². The monoisotopic (exact) mass is 848 g/mol. The van der Waals surface area contributed by atoms with Gasteiger partial charge < -0.3 is 24.6 Å². The summed E-state index contributed by atoms with van der Waals surface area (Å²) in [6.07, 6.45) is 4.90. The van der Waals surface area contributed by atoms with E-state index < -0.39 is 36.0 Å². The number of rotatable bonds is 25. The molecule has 1 saturated heterocycles. The zero-order chi connectivity index (χ0) is 45.6. The molecule has 61 heavy (non-hydrogen) atoms. The molecule has 12 heteroatoms. The molecule has 1 fully saturated rings. The summed E-state index contributed by atoms with van der Waals surface area (Å²) in [6, 6.07) is 10.6. The minimum Gasteiger partial charge on any atom is -0.379 e. The highest BCUT2D eigenvalue weighted by Gasteiger charge is 2.43. The lowest BCUT2D eigenvalue weighted by atomic mass is 9.83. The van der Waals surface area contributed by atoms with Crippen LogP contribution in [0, 0.1) is 42.4 Å². The summed E-state index contributed by atoms with van der Waals surface area (Å²) in [4.78, 5) is 80.0. The van der Waals surface area contributed by atoms with Gasteiger partial charge in [0.2, 0.25) is 17.7 Å². The predicted octanol–water partition coefficient (Wildman–Crippen LogP) is 6.56. The number of carbonyl (C=O) groups excluding carboxylic acids is 5. The molecule has 1 aromatic carbocycles. The Labute approximate surface area is 366 Å². The van der Waals surface area contributed by atoms with Crippen LogP contribution in [-0.2, 0) is 46.4 Å². The van der Waals surface area contributed by atoms with Crippen LogP contribution in [0.1, 0.15) is 104 Å². The van der Waals surface area contributed by atoms with Crippen molar-refractivity contribution in [1.29, 1.82) is 0 Å². The number of likely N-dealkylation sites (N-methyl/N-ethyl adjacent to an activating group) is 2. The van der Waals surface area contributed by atoms with Gasteiger partial charge >= 0.3 is 0 Å². The van der Waals surface area contributed by atoms with Crippen molar-refractivity contribution in [3.05, 3.63) is 65.5 Å². The minimum atomic E-state index is -0.624. The Kier molecular flexibility index (Phi) is 20.7. The number of Topliss-reactive ketones (excluding diaryl/α,β-unsaturated/α-hetero) is 2. The number of likely N-dealkylation sites (tertiary alicyclic amines) is 1. The van der Waals surface area contributed by atoms with Gasteiger partial charge in [-0.2, -0.15) is 0 Å². The first-order valence-electron chi connectivity index (χ1n) is 22.4. The first-order valence-corrected chi connectivity index (χ1v) is 22.4. The second-order valence-corrected chi connectivity index (χ2v) is 18.4. The average Bonchev–Trinajstić information content (AvgIpc) is 3.71. The Hall–Kier alpha value is -4.00. The first kappa shape index (κ1) is 51.4. The normalized spacial score (nSPS) is 18.3. The van der Waals surface area contributed by atoms with Gasteiger partial charge in [0.1, 0.15) is 5.78 Å². The van der Waals surface area contributed by atoms with Crippen LogP contribution >= 0.6 is 0 Å². The van der Waals surface area contributed by atoms with Crippen molar-refractivity contribution in [2.45, 2.75) is 137 Å². The van der Waals surface area contributed by atoms with Gasteiger partial charge in [-0.25, -0.2) is 0 Å². The lowest BCUT2D eigenvalue weighted by Crippen LogP contribution is -2.54. The molecule has 0 unspecified atom stereocenters. The van der Waals surface area contributed by atoms with Crippen LogP contribution in [-0.4, -0.2) is 121 Å². The molecular weight excluding hydrogens is 771 g/mol. The van der Waals surface area contributed by atoms with Crippen molar-refractivity contribution in [1.82, 2.24) is 25.0 Å². The molecule has 9 atom stereocenters. The Bertz CT molecular complexity index is 1690. The van der Waals surface area contributed by atoms with Crippen LogP contribution in [0.15, 0.2) is 48.8 Å². The Balaban J connectivity index is 1.79. The molecule has 3 amide bonds. The number of ether oxygens (including phenoxy) is 2. The van der Waals surface area contributed by atoms with Crippen molar-refractivity contribution in [2.24, 2.45) is 35.5 Å². The maximum atomic E-state index is 14.4. The van der Waals surface area contributed by atoms with E-state index in [1.54, 1.807) is 38.6 Å². The largest absolute Gasteiger partial charge is 0.379 e. The summed E-state index contributed by atoms with van der Waals surface area (Å²) in [6.45, 7) is 16.8. The molecule has 3 rings (SSSR count). The van der Waals surface area contributed by atoms with E-state index in [2.05, 4.69) is 24.1 Å². The van der Waals surface area contributed by atoms with Gasteiger partial charge in [0.15, 0.2) is 5.78 Å². The van der Waals surface area contributed by atoms with E-state index in [-0.39, 0.29) is 78.4 Å². The molecule has 2 heterocycles. The second kappa shape index (κ2) is 24.6. The number of nitrogens with zero attached hydrogens (tertiary/aromatic N) is 4. The zero-order valence-electron chi connectivity index (χ0n) is 39.5. The van der Waals surface area contributed by atoms with Crippen molar-refractivity contribution < 1.29 is 33.4 Å². The first-order chi connectivity index (χ1) is 28.9. The molecule has 0 spiro atoms. The van der Waals surface area contributed by atoms with Gasteiger partial charge in [-0.15, -0.1) is 0 Å². The molecule has 1 aliphatic rings.